The maximum Gasteiger partial charge on any atom is 0.191 e. The van der Waals surface area contributed by atoms with Gasteiger partial charge in [-0.3, -0.25) is 4.90 Å². The highest BCUT2D eigenvalue weighted by molar-refractivity contribution is 14.0. The third-order valence-electron chi connectivity index (χ3n) is 4.33. The van der Waals surface area contributed by atoms with Crippen LogP contribution in [0.4, 0.5) is 4.39 Å². The van der Waals surface area contributed by atoms with Gasteiger partial charge in [0.2, 0.25) is 0 Å². The van der Waals surface area contributed by atoms with Crippen molar-refractivity contribution in [2.45, 2.75) is 59.0 Å². The number of nitrogens with one attached hydrogen (secondary N) is 2. The molecule has 0 amide bonds. The Kier molecular flexibility index (Phi) is 12.9. The maximum atomic E-state index is 13.7. The highest BCUT2D eigenvalue weighted by atomic mass is 127. The molecule has 0 aromatic heterocycles. The third kappa shape index (κ3) is 11.1. The van der Waals surface area contributed by atoms with Gasteiger partial charge in [0.15, 0.2) is 15.8 Å². The van der Waals surface area contributed by atoms with Crippen molar-refractivity contribution >= 4 is 39.8 Å². The fourth-order valence-corrected chi connectivity index (χ4v) is 3.93. The fourth-order valence-electron chi connectivity index (χ4n) is 3.09. The van der Waals surface area contributed by atoms with E-state index in [0.717, 1.165) is 13.1 Å². The van der Waals surface area contributed by atoms with Crippen LogP contribution in [0.1, 0.15) is 45.7 Å². The number of hydrogen-bond acceptors (Lipinski definition) is 4. The van der Waals surface area contributed by atoms with Crippen LogP contribution in [0.5, 0.6) is 0 Å². The van der Waals surface area contributed by atoms with Gasteiger partial charge in [-0.05, 0) is 57.9 Å². The van der Waals surface area contributed by atoms with Gasteiger partial charge in [-0.25, -0.2) is 17.8 Å². The third-order valence-corrected chi connectivity index (χ3v) is 5.16. The molecule has 0 atom stereocenters. The molecule has 0 bridgehead atoms. The minimum absolute atomic E-state index is 0. The molecular formula is C20H36FIN4O2S. The van der Waals surface area contributed by atoms with Crippen molar-refractivity contribution in [2.24, 2.45) is 4.99 Å². The number of hydrogen-bond donors (Lipinski definition) is 2. The Balaban J connectivity index is 0.00000784. The molecule has 0 unspecified atom stereocenters. The minimum Gasteiger partial charge on any atom is -0.357 e. The van der Waals surface area contributed by atoms with Gasteiger partial charge in [-0.1, -0.05) is 6.07 Å². The highest BCUT2D eigenvalue weighted by Gasteiger charge is 2.13. The van der Waals surface area contributed by atoms with Crippen LogP contribution in [0.25, 0.3) is 0 Å². The fraction of sp³-hybridized carbons (Fsp3) is 0.650. The lowest BCUT2D eigenvalue weighted by atomic mass is 10.1. The van der Waals surface area contributed by atoms with Gasteiger partial charge in [-0.2, -0.15) is 0 Å². The van der Waals surface area contributed by atoms with Gasteiger partial charge in [0.1, 0.15) is 5.82 Å². The molecule has 1 aromatic rings. The molecule has 0 saturated heterocycles. The zero-order valence-electron chi connectivity index (χ0n) is 18.3. The van der Waals surface area contributed by atoms with E-state index in [4.69, 9.17) is 0 Å². The first-order valence-electron chi connectivity index (χ1n) is 9.76. The van der Waals surface area contributed by atoms with Crippen molar-refractivity contribution in [2.75, 3.05) is 25.9 Å². The molecule has 0 aliphatic carbocycles. The van der Waals surface area contributed by atoms with E-state index in [2.05, 4.69) is 48.2 Å². The summed E-state index contributed by atoms with van der Waals surface area (Å²) in [6.45, 7) is 13.2. The zero-order valence-corrected chi connectivity index (χ0v) is 21.5. The van der Waals surface area contributed by atoms with E-state index in [1.54, 1.807) is 0 Å². The molecule has 6 nitrogen and oxygen atoms in total. The van der Waals surface area contributed by atoms with Crippen molar-refractivity contribution in [3.8, 4) is 0 Å². The normalized spacial score (nSPS) is 12.4. The molecule has 0 radical (unpaired) electrons. The monoisotopic (exact) mass is 542 g/mol. The van der Waals surface area contributed by atoms with Crippen molar-refractivity contribution in [1.29, 1.82) is 0 Å². The standard InChI is InChI=1S/C20H35FN4O2S.HI/c1-7-22-20(23-10-11-25(15(2)3)16(4)5)24-13-18-12-19(21)9-8-17(18)14-28(6,26)27;/h8-9,12,15-16H,7,10-11,13-14H2,1-6H3,(H2,22,23,24);1H. The van der Waals surface area contributed by atoms with Gasteiger partial charge in [0.05, 0.1) is 12.3 Å². The van der Waals surface area contributed by atoms with Crippen molar-refractivity contribution in [3.05, 3.63) is 35.1 Å². The summed E-state index contributed by atoms with van der Waals surface area (Å²) in [5, 5.41) is 6.47. The summed E-state index contributed by atoms with van der Waals surface area (Å²) >= 11 is 0. The van der Waals surface area contributed by atoms with Crippen LogP contribution < -0.4 is 10.6 Å². The van der Waals surface area contributed by atoms with Crippen LogP contribution in [0, 0.1) is 5.82 Å². The number of rotatable bonds is 10. The Hall–Kier alpha value is -0.940. The molecule has 9 heteroatoms. The summed E-state index contributed by atoms with van der Waals surface area (Å²) in [5.41, 5.74) is 1.16. The Morgan fingerprint density at radius 2 is 1.76 bits per heavy atom. The summed E-state index contributed by atoms with van der Waals surface area (Å²) in [6.07, 6.45) is 1.17. The van der Waals surface area contributed by atoms with Crippen LogP contribution in [-0.2, 0) is 22.1 Å². The Morgan fingerprint density at radius 1 is 1.14 bits per heavy atom. The highest BCUT2D eigenvalue weighted by Crippen LogP contribution is 2.15. The number of nitrogens with zero attached hydrogens (tertiary/aromatic N) is 2. The van der Waals surface area contributed by atoms with E-state index in [1.807, 2.05) is 6.92 Å². The van der Waals surface area contributed by atoms with Crippen molar-refractivity contribution in [3.63, 3.8) is 0 Å². The first kappa shape index (κ1) is 28.1. The summed E-state index contributed by atoms with van der Waals surface area (Å²) in [6, 6.07) is 5.06. The smallest absolute Gasteiger partial charge is 0.191 e. The lowest BCUT2D eigenvalue weighted by molar-refractivity contribution is 0.178. The van der Waals surface area contributed by atoms with E-state index >= 15 is 0 Å². The van der Waals surface area contributed by atoms with E-state index in [0.29, 0.717) is 35.7 Å². The molecule has 0 heterocycles. The zero-order chi connectivity index (χ0) is 21.3. The topological polar surface area (TPSA) is 73.8 Å². The predicted molar refractivity (Wildman–Crippen MR) is 130 cm³/mol. The van der Waals surface area contributed by atoms with Crippen LogP contribution in [-0.4, -0.2) is 57.3 Å². The van der Waals surface area contributed by atoms with Crippen molar-refractivity contribution < 1.29 is 12.8 Å². The summed E-state index contributed by atoms with van der Waals surface area (Å²) in [7, 11) is -3.21. The van der Waals surface area contributed by atoms with Gasteiger partial charge >= 0.3 is 0 Å². The van der Waals surface area contributed by atoms with Gasteiger partial charge in [0.25, 0.3) is 0 Å². The number of aliphatic imine (C=N–C) groups is 1. The first-order chi connectivity index (χ1) is 13.0. The molecule has 2 N–H and O–H groups in total. The summed E-state index contributed by atoms with van der Waals surface area (Å²) in [5.74, 6) is 0.106. The van der Waals surface area contributed by atoms with E-state index in [1.165, 1.54) is 24.5 Å². The predicted octanol–water partition coefficient (Wildman–Crippen LogP) is 3.16. The van der Waals surface area contributed by atoms with Crippen LogP contribution >= 0.6 is 24.0 Å². The molecule has 0 aliphatic heterocycles. The van der Waals surface area contributed by atoms with E-state index < -0.39 is 15.7 Å². The molecule has 1 aromatic carbocycles. The number of benzene rings is 1. The van der Waals surface area contributed by atoms with Gasteiger partial charge in [-0.15, -0.1) is 24.0 Å². The Bertz CT molecular complexity index is 747. The van der Waals surface area contributed by atoms with Crippen molar-refractivity contribution in [1.82, 2.24) is 15.5 Å². The second-order valence-corrected chi connectivity index (χ2v) is 9.67. The molecule has 0 spiro atoms. The van der Waals surface area contributed by atoms with Gasteiger partial charge in [0, 0.05) is 38.0 Å². The van der Waals surface area contributed by atoms with E-state index in [9.17, 15) is 12.8 Å². The maximum absolute atomic E-state index is 13.7. The number of sulfone groups is 1. The lowest BCUT2D eigenvalue weighted by Gasteiger charge is -2.30. The summed E-state index contributed by atoms with van der Waals surface area (Å²) in [4.78, 5) is 6.90. The summed E-state index contributed by atoms with van der Waals surface area (Å²) < 4.78 is 36.9. The molecule has 168 valence electrons. The SMILES string of the molecule is CCNC(=NCc1cc(F)ccc1CS(C)(=O)=O)NCCN(C(C)C)C(C)C.I. The second-order valence-electron chi connectivity index (χ2n) is 7.53. The average molecular weight is 543 g/mol. The Morgan fingerprint density at radius 3 is 2.28 bits per heavy atom. The second kappa shape index (κ2) is 13.4. The van der Waals surface area contributed by atoms with Crippen LogP contribution in [0.15, 0.2) is 23.2 Å². The minimum atomic E-state index is -3.21. The largest absolute Gasteiger partial charge is 0.357 e. The Labute approximate surface area is 192 Å². The van der Waals surface area contributed by atoms with Gasteiger partial charge < -0.3 is 10.6 Å². The molecule has 0 saturated carbocycles. The first-order valence-corrected chi connectivity index (χ1v) is 11.8. The van der Waals surface area contributed by atoms with Crippen LogP contribution in [0.2, 0.25) is 0 Å². The molecular weight excluding hydrogens is 506 g/mol. The van der Waals surface area contributed by atoms with E-state index in [-0.39, 0.29) is 36.3 Å². The molecule has 0 fully saturated rings. The number of guanidine groups is 1. The van der Waals surface area contributed by atoms with Crippen LogP contribution in [0.3, 0.4) is 0 Å². The lowest BCUT2D eigenvalue weighted by Crippen LogP contribution is -2.45. The molecule has 29 heavy (non-hydrogen) atoms. The quantitative estimate of drug-likeness (QED) is 0.270. The average Bonchev–Trinajstić information content (AvgIpc) is 2.56. The number of halogens is 2. The molecule has 0 aliphatic rings. The molecule has 1 rings (SSSR count).